The number of benzene rings is 2. The van der Waals surface area contributed by atoms with Gasteiger partial charge in [0.2, 0.25) is 0 Å². The van der Waals surface area contributed by atoms with Gasteiger partial charge in [-0.15, -0.1) is 15.2 Å². The molecule has 0 saturated heterocycles. The third-order valence-corrected chi connectivity index (χ3v) is 6.77. The highest BCUT2D eigenvalue weighted by Gasteiger charge is 2.19. The lowest BCUT2D eigenvalue weighted by atomic mass is 10.1. The van der Waals surface area contributed by atoms with Crippen molar-refractivity contribution in [1.82, 2.24) is 4.98 Å². The largest absolute Gasteiger partial charge is 0.493 e. The Labute approximate surface area is 189 Å². The molecule has 1 N–H and O–H groups in total. The van der Waals surface area contributed by atoms with Crippen molar-refractivity contribution in [3.8, 4) is 22.8 Å². The van der Waals surface area contributed by atoms with Crippen LogP contribution in [0.4, 0.5) is 9.02 Å². The molecule has 2 aromatic carbocycles. The fourth-order valence-corrected chi connectivity index (χ4v) is 4.69. The highest BCUT2D eigenvalue weighted by molar-refractivity contribution is 7.86. The first-order valence-electron chi connectivity index (χ1n) is 10.00. The van der Waals surface area contributed by atoms with Gasteiger partial charge in [-0.1, -0.05) is 0 Å². The average Bonchev–Trinajstić information content (AvgIpc) is 3.45. The third kappa shape index (κ3) is 5.08. The van der Waals surface area contributed by atoms with E-state index in [4.69, 9.17) is 9.47 Å². The molecule has 0 bridgehead atoms. The van der Waals surface area contributed by atoms with Crippen LogP contribution in [-0.2, 0) is 10.2 Å². The summed E-state index contributed by atoms with van der Waals surface area (Å²) < 4.78 is 46.4. The minimum atomic E-state index is -4.81. The van der Waals surface area contributed by atoms with Crippen molar-refractivity contribution < 1.29 is 26.6 Å². The van der Waals surface area contributed by atoms with E-state index >= 15 is 0 Å². The molecule has 1 amide bonds. The third-order valence-electron chi connectivity index (χ3n) is 5.18. The Morgan fingerprint density at radius 3 is 2.50 bits per heavy atom. The van der Waals surface area contributed by atoms with Gasteiger partial charge in [-0.2, -0.15) is 8.42 Å². The quantitative estimate of drug-likeness (QED) is 0.480. The van der Waals surface area contributed by atoms with Crippen LogP contribution in [-0.4, -0.2) is 32.5 Å². The number of methoxy groups -OCH3 is 1. The Balaban J connectivity index is 1.49. The lowest BCUT2D eigenvalue weighted by molar-refractivity contribution is 0.102. The number of halogens is 1. The van der Waals surface area contributed by atoms with Gasteiger partial charge in [0.05, 0.1) is 23.8 Å². The summed E-state index contributed by atoms with van der Waals surface area (Å²) >= 11 is 1.25. The van der Waals surface area contributed by atoms with Crippen molar-refractivity contribution in [2.45, 2.75) is 36.7 Å². The van der Waals surface area contributed by atoms with Gasteiger partial charge in [0.15, 0.2) is 16.6 Å². The number of nitrogens with zero attached hydrogens (tertiary/aromatic N) is 1. The molecule has 32 heavy (non-hydrogen) atoms. The minimum Gasteiger partial charge on any atom is -0.493 e. The average molecular weight is 477 g/mol. The van der Waals surface area contributed by atoms with Crippen LogP contribution in [0, 0.1) is 0 Å². The highest BCUT2D eigenvalue weighted by Crippen LogP contribution is 2.36. The van der Waals surface area contributed by atoms with Crippen molar-refractivity contribution >= 4 is 32.6 Å². The van der Waals surface area contributed by atoms with Crippen LogP contribution in [0.1, 0.15) is 36.0 Å². The first-order chi connectivity index (χ1) is 15.3. The lowest BCUT2D eigenvalue weighted by Crippen LogP contribution is -2.12. The number of hydrogen-bond acceptors (Lipinski definition) is 7. The van der Waals surface area contributed by atoms with E-state index in [0.717, 1.165) is 43.4 Å². The van der Waals surface area contributed by atoms with Crippen molar-refractivity contribution in [3.63, 3.8) is 0 Å². The second-order valence-corrected chi connectivity index (χ2v) is 9.55. The summed E-state index contributed by atoms with van der Waals surface area (Å²) in [5.41, 5.74) is 1.68. The van der Waals surface area contributed by atoms with Gasteiger partial charge in [0, 0.05) is 16.5 Å². The molecule has 7 nitrogen and oxygen atoms in total. The minimum absolute atomic E-state index is 0.184. The Morgan fingerprint density at radius 1 is 1.12 bits per heavy atom. The lowest BCUT2D eigenvalue weighted by Gasteiger charge is -2.16. The zero-order chi connectivity index (χ0) is 22.7. The number of ether oxygens (including phenoxy) is 2. The molecule has 1 saturated carbocycles. The molecule has 1 aliphatic rings. The number of thiazole rings is 1. The first-order valence-corrected chi connectivity index (χ1v) is 12.3. The maximum atomic E-state index is 13.0. The van der Waals surface area contributed by atoms with Crippen LogP contribution in [0.3, 0.4) is 0 Å². The molecule has 1 fully saturated rings. The second-order valence-electron chi connectivity index (χ2n) is 7.34. The maximum absolute atomic E-state index is 13.0. The van der Waals surface area contributed by atoms with Crippen molar-refractivity contribution in [2.24, 2.45) is 0 Å². The number of carbonyl (C=O) groups excluding carboxylic acids is 1. The van der Waals surface area contributed by atoms with Crippen molar-refractivity contribution in [3.05, 3.63) is 53.4 Å². The Kier molecular flexibility index (Phi) is 6.43. The molecule has 0 unspecified atom stereocenters. The van der Waals surface area contributed by atoms with Crippen LogP contribution in [0.15, 0.2) is 52.7 Å². The molecule has 0 spiro atoms. The number of carbonyl (C=O) groups is 1. The molecular weight excluding hydrogens is 455 g/mol. The molecule has 0 atom stereocenters. The van der Waals surface area contributed by atoms with Gasteiger partial charge in [0.25, 0.3) is 5.91 Å². The van der Waals surface area contributed by atoms with Gasteiger partial charge in [-0.05, 0) is 68.1 Å². The number of aromatic nitrogens is 1. The van der Waals surface area contributed by atoms with Crippen LogP contribution in [0.5, 0.6) is 11.5 Å². The molecule has 0 aliphatic heterocycles. The molecule has 1 aromatic heterocycles. The summed E-state index contributed by atoms with van der Waals surface area (Å²) in [4.78, 5) is 16.4. The van der Waals surface area contributed by atoms with E-state index in [0.29, 0.717) is 22.3 Å². The second kappa shape index (κ2) is 9.25. The normalized spacial score (nSPS) is 14.3. The van der Waals surface area contributed by atoms with Gasteiger partial charge in [0.1, 0.15) is 0 Å². The van der Waals surface area contributed by atoms with Crippen LogP contribution in [0.2, 0.25) is 0 Å². The topological polar surface area (TPSA) is 94.6 Å². The van der Waals surface area contributed by atoms with Crippen molar-refractivity contribution in [2.75, 3.05) is 12.4 Å². The monoisotopic (exact) mass is 476 g/mol. The fourth-order valence-electron chi connectivity index (χ4n) is 3.52. The summed E-state index contributed by atoms with van der Waals surface area (Å²) in [5, 5.41) is 4.86. The van der Waals surface area contributed by atoms with E-state index in [9.17, 15) is 17.1 Å². The van der Waals surface area contributed by atoms with E-state index in [1.165, 1.54) is 23.5 Å². The van der Waals surface area contributed by atoms with Gasteiger partial charge < -0.3 is 9.47 Å². The Bertz CT molecular complexity index is 1220. The highest BCUT2D eigenvalue weighted by atomic mass is 32.3. The smallest absolute Gasteiger partial charge is 0.332 e. The maximum Gasteiger partial charge on any atom is 0.332 e. The fraction of sp³-hybridized carbons (Fsp3) is 0.273. The molecule has 168 valence electrons. The Hall–Kier alpha value is -2.98. The van der Waals surface area contributed by atoms with Gasteiger partial charge in [-0.25, -0.2) is 4.98 Å². The molecule has 1 heterocycles. The zero-order valence-corrected chi connectivity index (χ0v) is 18.8. The summed E-state index contributed by atoms with van der Waals surface area (Å²) in [6.45, 7) is 0. The number of amides is 1. The van der Waals surface area contributed by atoms with E-state index in [2.05, 4.69) is 10.3 Å². The van der Waals surface area contributed by atoms with Gasteiger partial charge in [-0.3, -0.25) is 10.1 Å². The van der Waals surface area contributed by atoms with Crippen LogP contribution >= 0.6 is 11.3 Å². The van der Waals surface area contributed by atoms with Gasteiger partial charge >= 0.3 is 10.2 Å². The number of rotatable bonds is 7. The molecule has 3 aromatic rings. The summed E-state index contributed by atoms with van der Waals surface area (Å²) in [6, 6.07) is 10.2. The number of anilines is 1. The predicted molar refractivity (Wildman–Crippen MR) is 120 cm³/mol. The van der Waals surface area contributed by atoms with Crippen LogP contribution < -0.4 is 14.8 Å². The molecular formula is C22H21FN2O5S2. The first kappa shape index (κ1) is 22.2. The van der Waals surface area contributed by atoms with E-state index < -0.39 is 21.0 Å². The summed E-state index contributed by atoms with van der Waals surface area (Å²) in [7, 11) is -3.21. The molecule has 4 rings (SSSR count). The van der Waals surface area contributed by atoms with E-state index in [1.54, 1.807) is 7.11 Å². The SMILES string of the molecule is COc1ccc(-c2csc(NC(=O)c3ccc(S(=O)(=O)F)cc3)n2)cc1OC1CCCC1. The van der Waals surface area contributed by atoms with Crippen LogP contribution in [0.25, 0.3) is 11.3 Å². The molecule has 0 radical (unpaired) electrons. The van der Waals surface area contributed by atoms with E-state index in [-0.39, 0.29) is 11.7 Å². The van der Waals surface area contributed by atoms with Crippen molar-refractivity contribution in [1.29, 1.82) is 0 Å². The summed E-state index contributed by atoms with van der Waals surface area (Å²) in [5.74, 6) is 0.843. The number of nitrogens with one attached hydrogen (secondary N) is 1. The van der Waals surface area contributed by atoms with E-state index in [1.807, 2.05) is 23.6 Å². The molecule has 10 heteroatoms. The zero-order valence-electron chi connectivity index (χ0n) is 17.2. The molecule has 1 aliphatic carbocycles. The summed E-state index contributed by atoms with van der Waals surface area (Å²) in [6.07, 6.45) is 4.56. The standard InChI is InChI=1S/C22H21FN2O5S2/c1-29-19-11-8-15(12-20(19)30-16-4-2-3-5-16)18-13-31-22(24-18)25-21(26)14-6-9-17(10-7-14)32(23,27)28/h6-13,16H,2-5H2,1H3,(H,24,25,26). The number of hydrogen-bond donors (Lipinski definition) is 1. The predicted octanol–water partition coefficient (Wildman–Crippen LogP) is 5.05. The Morgan fingerprint density at radius 2 is 1.84 bits per heavy atom.